The summed E-state index contributed by atoms with van der Waals surface area (Å²) in [7, 11) is 0. The van der Waals surface area contributed by atoms with E-state index in [1.165, 1.54) is 11.3 Å². The van der Waals surface area contributed by atoms with E-state index in [0.717, 1.165) is 28.3 Å². The molecule has 1 fully saturated rings. The molecule has 1 aliphatic rings. The molecule has 1 atom stereocenters. The minimum atomic E-state index is -0.0198. The molecule has 0 aliphatic carbocycles. The van der Waals surface area contributed by atoms with Gasteiger partial charge in [0.2, 0.25) is 5.91 Å². The molecule has 0 radical (unpaired) electrons. The van der Waals surface area contributed by atoms with Gasteiger partial charge < -0.3 is 15.0 Å². The summed E-state index contributed by atoms with van der Waals surface area (Å²) in [6.45, 7) is 4.87. The molecular weight excluding hydrogens is 380 g/mol. The second kappa shape index (κ2) is 6.84. The number of thiazole rings is 1. The molecule has 23 heavy (non-hydrogen) atoms. The number of hydrogen-bond acceptors (Lipinski definition) is 6. The number of amides is 1. The third-order valence-electron chi connectivity index (χ3n) is 3.55. The average molecular weight is 397 g/mol. The molecule has 2 aromatic rings. The fourth-order valence-electron chi connectivity index (χ4n) is 2.41. The number of rotatable bonds is 4. The van der Waals surface area contributed by atoms with Gasteiger partial charge in [0.15, 0.2) is 16.7 Å². The lowest BCUT2D eigenvalue weighted by Gasteiger charge is -2.17. The Balaban J connectivity index is 1.75. The SMILES string of the molecule is CC(=O)N1CCC(Oc2cc(Br)cnc2Nc2nc(C)cs2)C1. The van der Waals surface area contributed by atoms with Crippen molar-refractivity contribution in [3.05, 3.63) is 27.8 Å². The van der Waals surface area contributed by atoms with Crippen molar-refractivity contribution < 1.29 is 9.53 Å². The highest BCUT2D eigenvalue weighted by atomic mass is 79.9. The van der Waals surface area contributed by atoms with E-state index in [9.17, 15) is 4.79 Å². The molecule has 0 saturated carbocycles. The van der Waals surface area contributed by atoms with Crippen molar-refractivity contribution in [2.75, 3.05) is 18.4 Å². The van der Waals surface area contributed by atoms with Crippen LogP contribution in [0, 0.1) is 6.92 Å². The predicted molar refractivity (Wildman–Crippen MR) is 93.4 cm³/mol. The first-order valence-electron chi connectivity index (χ1n) is 7.28. The van der Waals surface area contributed by atoms with E-state index >= 15 is 0 Å². The number of anilines is 2. The van der Waals surface area contributed by atoms with Gasteiger partial charge in [-0.2, -0.15) is 0 Å². The van der Waals surface area contributed by atoms with Crippen LogP contribution in [0.3, 0.4) is 0 Å². The standard InChI is InChI=1S/C15H17BrN4O2S/c1-9-8-23-15(18-9)19-14-13(5-11(16)6-17-14)22-12-3-4-20(7-12)10(2)21/h5-6,8,12H,3-4,7H2,1-2H3,(H,17,18,19). The van der Waals surface area contributed by atoms with Crippen LogP contribution < -0.4 is 10.1 Å². The van der Waals surface area contributed by atoms with Crippen molar-refractivity contribution in [2.24, 2.45) is 0 Å². The maximum absolute atomic E-state index is 11.4. The number of hydrogen-bond donors (Lipinski definition) is 1. The highest BCUT2D eigenvalue weighted by molar-refractivity contribution is 9.10. The summed E-state index contributed by atoms with van der Waals surface area (Å²) in [6.07, 6.45) is 2.52. The van der Waals surface area contributed by atoms with Crippen molar-refractivity contribution in [1.29, 1.82) is 0 Å². The largest absolute Gasteiger partial charge is 0.485 e. The van der Waals surface area contributed by atoms with Crippen LogP contribution in [0.5, 0.6) is 5.75 Å². The number of nitrogens with zero attached hydrogens (tertiary/aromatic N) is 3. The van der Waals surface area contributed by atoms with Gasteiger partial charge >= 0.3 is 0 Å². The van der Waals surface area contributed by atoms with Gasteiger partial charge in [-0.25, -0.2) is 9.97 Å². The molecule has 1 unspecified atom stereocenters. The van der Waals surface area contributed by atoms with Gasteiger partial charge in [0.1, 0.15) is 6.10 Å². The Morgan fingerprint density at radius 3 is 3.04 bits per heavy atom. The fraction of sp³-hybridized carbons (Fsp3) is 0.400. The van der Waals surface area contributed by atoms with Crippen LogP contribution in [0.25, 0.3) is 0 Å². The molecule has 3 heterocycles. The summed E-state index contributed by atoms with van der Waals surface area (Å²) in [5, 5.41) is 5.95. The summed E-state index contributed by atoms with van der Waals surface area (Å²) in [5.74, 6) is 1.37. The van der Waals surface area contributed by atoms with Crippen LogP contribution >= 0.6 is 27.3 Å². The Morgan fingerprint density at radius 2 is 2.39 bits per heavy atom. The second-order valence-corrected chi connectivity index (χ2v) is 7.19. The van der Waals surface area contributed by atoms with Crippen LogP contribution in [0.2, 0.25) is 0 Å². The molecule has 1 saturated heterocycles. The zero-order valence-electron chi connectivity index (χ0n) is 12.9. The summed E-state index contributed by atoms with van der Waals surface area (Å²) in [5.41, 5.74) is 0.963. The monoisotopic (exact) mass is 396 g/mol. The number of carbonyl (C=O) groups excluding carboxylic acids is 1. The quantitative estimate of drug-likeness (QED) is 0.857. The molecule has 1 amide bonds. The van der Waals surface area contributed by atoms with E-state index in [4.69, 9.17) is 4.74 Å². The van der Waals surface area contributed by atoms with Crippen molar-refractivity contribution in [1.82, 2.24) is 14.9 Å². The third-order valence-corrected chi connectivity index (χ3v) is 4.86. The number of pyridine rings is 1. The lowest BCUT2D eigenvalue weighted by atomic mass is 10.3. The van der Waals surface area contributed by atoms with Gasteiger partial charge in [0, 0.05) is 35.9 Å². The predicted octanol–water partition coefficient (Wildman–Crippen LogP) is 3.35. The Kier molecular flexibility index (Phi) is 4.82. The molecule has 6 nitrogen and oxygen atoms in total. The first-order valence-corrected chi connectivity index (χ1v) is 8.95. The zero-order valence-corrected chi connectivity index (χ0v) is 15.3. The van der Waals surface area contributed by atoms with Crippen LogP contribution in [0.15, 0.2) is 22.1 Å². The van der Waals surface area contributed by atoms with Crippen molar-refractivity contribution in [3.63, 3.8) is 0 Å². The Bertz CT molecular complexity index is 721. The Morgan fingerprint density at radius 1 is 1.57 bits per heavy atom. The van der Waals surface area contributed by atoms with E-state index in [0.29, 0.717) is 18.1 Å². The van der Waals surface area contributed by atoms with Crippen molar-refractivity contribution in [2.45, 2.75) is 26.4 Å². The molecule has 0 aromatic carbocycles. The maximum Gasteiger partial charge on any atom is 0.219 e. The van der Waals surface area contributed by atoms with Crippen LogP contribution in [0.1, 0.15) is 19.0 Å². The molecule has 2 aromatic heterocycles. The summed E-state index contributed by atoms with van der Waals surface area (Å²) >= 11 is 4.94. The lowest BCUT2D eigenvalue weighted by molar-refractivity contribution is -0.128. The van der Waals surface area contributed by atoms with Gasteiger partial charge in [-0.3, -0.25) is 4.79 Å². The van der Waals surface area contributed by atoms with E-state index < -0.39 is 0 Å². The topological polar surface area (TPSA) is 67.4 Å². The highest BCUT2D eigenvalue weighted by Crippen LogP contribution is 2.31. The summed E-state index contributed by atoms with van der Waals surface area (Å²) in [4.78, 5) is 22.0. The zero-order chi connectivity index (χ0) is 16.4. The summed E-state index contributed by atoms with van der Waals surface area (Å²) in [6, 6.07) is 1.88. The number of nitrogens with one attached hydrogen (secondary N) is 1. The highest BCUT2D eigenvalue weighted by Gasteiger charge is 2.26. The van der Waals surface area contributed by atoms with Crippen molar-refractivity contribution >= 4 is 44.1 Å². The molecule has 1 N–H and O–H groups in total. The molecule has 0 bridgehead atoms. The fourth-order valence-corrected chi connectivity index (χ4v) is 3.40. The van der Waals surface area contributed by atoms with E-state index in [2.05, 4.69) is 31.2 Å². The van der Waals surface area contributed by atoms with Gasteiger partial charge in [0.25, 0.3) is 0 Å². The van der Waals surface area contributed by atoms with Crippen molar-refractivity contribution in [3.8, 4) is 5.75 Å². The number of aromatic nitrogens is 2. The lowest BCUT2D eigenvalue weighted by Crippen LogP contribution is -2.28. The Hall–Kier alpha value is -1.67. The van der Waals surface area contributed by atoms with Gasteiger partial charge in [-0.1, -0.05) is 0 Å². The number of halogens is 1. The minimum Gasteiger partial charge on any atom is -0.485 e. The molecular formula is C15H17BrN4O2S. The molecule has 8 heteroatoms. The van der Waals surface area contributed by atoms with E-state index in [1.807, 2.05) is 18.4 Å². The van der Waals surface area contributed by atoms with Crippen LogP contribution in [-0.2, 0) is 4.79 Å². The third kappa shape index (κ3) is 4.00. The first kappa shape index (κ1) is 16.2. The molecule has 3 rings (SSSR count). The Labute approximate surface area is 147 Å². The van der Waals surface area contributed by atoms with Gasteiger partial charge in [-0.05, 0) is 28.9 Å². The van der Waals surface area contributed by atoms with E-state index in [-0.39, 0.29) is 12.0 Å². The van der Waals surface area contributed by atoms with Gasteiger partial charge in [-0.15, -0.1) is 11.3 Å². The second-order valence-electron chi connectivity index (χ2n) is 5.41. The normalized spacial score (nSPS) is 17.3. The number of aryl methyl sites for hydroxylation is 1. The molecule has 122 valence electrons. The van der Waals surface area contributed by atoms with Crippen LogP contribution in [0.4, 0.5) is 10.9 Å². The number of likely N-dealkylation sites (tertiary alicyclic amines) is 1. The van der Waals surface area contributed by atoms with Gasteiger partial charge in [0.05, 0.1) is 12.2 Å². The van der Waals surface area contributed by atoms with E-state index in [1.54, 1.807) is 18.0 Å². The molecule has 1 aliphatic heterocycles. The average Bonchev–Trinajstić information content (AvgIpc) is 3.11. The van der Waals surface area contributed by atoms with Crippen LogP contribution in [-0.4, -0.2) is 40.0 Å². The smallest absolute Gasteiger partial charge is 0.219 e. The maximum atomic E-state index is 11.4. The first-order chi connectivity index (χ1) is 11.0. The number of carbonyl (C=O) groups is 1. The minimum absolute atomic E-state index is 0.0198. The number of ether oxygens (including phenoxy) is 1. The summed E-state index contributed by atoms with van der Waals surface area (Å²) < 4.78 is 6.92. The molecule has 0 spiro atoms.